The van der Waals surface area contributed by atoms with Crippen LogP contribution in [0.1, 0.15) is 40.8 Å². The standard InChI is InChI=1S/C19H21N3O3S/c1-12(23)19-20-10-17(25-19)26-15-4-2-14(3-5-15)18(24)21-16-11-22-8-6-13(16)7-9-22/h2-5,10,13,16H,6-9,11H2,1H3,(H,21,24)/t16-/m0/s1. The van der Waals surface area contributed by atoms with Crippen LogP contribution in [0.4, 0.5) is 0 Å². The van der Waals surface area contributed by atoms with Crippen LogP contribution >= 0.6 is 11.8 Å². The van der Waals surface area contributed by atoms with Gasteiger partial charge >= 0.3 is 0 Å². The Morgan fingerprint density at radius 2 is 1.96 bits per heavy atom. The highest BCUT2D eigenvalue weighted by Crippen LogP contribution is 2.29. The highest BCUT2D eigenvalue weighted by molar-refractivity contribution is 7.99. The van der Waals surface area contributed by atoms with Crippen LogP contribution in [0.25, 0.3) is 0 Å². The Kier molecular flexibility index (Phi) is 4.82. The van der Waals surface area contributed by atoms with Crippen molar-refractivity contribution < 1.29 is 14.0 Å². The average Bonchev–Trinajstić information content (AvgIpc) is 3.12. The summed E-state index contributed by atoms with van der Waals surface area (Å²) >= 11 is 1.37. The smallest absolute Gasteiger partial charge is 0.263 e. The van der Waals surface area contributed by atoms with E-state index < -0.39 is 0 Å². The molecular weight excluding hydrogens is 350 g/mol. The maximum absolute atomic E-state index is 12.5. The molecule has 3 aliphatic heterocycles. The number of amides is 1. The minimum atomic E-state index is -0.198. The van der Waals surface area contributed by atoms with E-state index in [1.807, 2.05) is 24.3 Å². The molecular formula is C19H21N3O3S. The number of piperidine rings is 3. The molecule has 1 aromatic carbocycles. The van der Waals surface area contributed by atoms with E-state index >= 15 is 0 Å². The normalized spacial score (nSPS) is 24.4. The van der Waals surface area contributed by atoms with Gasteiger partial charge in [-0.15, -0.1) is 0 Å². The van der Waals surface area contributed by atoms with E-state index in [0.717, 1.165) is 24.5 Å². The lowest BCUT2D eigenvalue weighted by molar-refractivity contribution is 0.0620. The molecule has 7 heteroatoms. The first-order valence-electron chi connectivity index (χ1n) is 8.86. The van der Waals surface area contributed by atoms with Gasteiger partial charge in [0, 0.05) is 30.0 Å². The number of oxazole rings is 1. The highest BCUT2D eigenvalue weighted by Gasteiger charge is 2.34. The molecule has 4 heterocycles. The summed E-state index contributed by atoms with van der Waals surface area (Å²) in [5, 5.41) is 3.75. The Morgan fingerprint density at radius 3 is 2.54 bits per heavy atom. The van der Waals surface area contributed by atoms with Gasteiger partial charge in [0.25, 0.3) is 11.8 Å². The second-order valence-electron chi connectivity index (χ2n) is 6.89. The second-order valence-corrected chi connectivity index (χ2v) is 7.96. The number of nitrogens with one attached hydrogen (secondary N) is 1. The minimum absolute atomic E-state index is 0.0150. The summed E-state index contributed by atoms with van der Waals surface area (Å²) in [6.45, 7) is 4.71. The molecule has 3 saturated heterocycles. The van der Waals surface area contributed by atoms with Gasteiger partial charge in [-0.05, 0) is 56.1 Å². The van der Waals surface area contributed by atoms with Crippen LogP contribution in [0, 0.1) is 5.92 Å². The fraction of sp³-hybridized carbons (Fsp3) is 0.421. The number of rotatable bonds is 5. The zero-order chi connectivity index (χ0) is 18.1. The number of nitrogens with zero attached hydrogens (tertiary/aromatic N) is 2. The number of aromatic nitrogens is 1. The molecule has 3 fully saturated rings. The number of benzene rings is 1. The van der Waals surface area contributed by atoms with Gasteiger partial charge in [-0.1, -0.05) is 11.8 Å². The molecule has 0 aliphatic carbocycles. The molecule has 0 saturated carbocycles. The maximum atomic E-state index is 12.5. The van der Waals surface area contributed by atoms with Crippen LogP contribution in [-0.4, -0.2) is 47.3 Å². The van der Waals surface area contributed by atoms with Crippen molar-refractivity contribution in [1.29, 1.82) is 0 Å². The van der Waals surface area contributed by atoms with Crippen molar-refractivity contribution in [2.45, 2.75) is 35.8 Å². The van der Waals surface area contributed by atoms with Gasteiger partial charge in [0.1, 0.15) is 0 Å². The molecule has 2 bridgehead atoms. The van der Waals surface area contributed by atoms with Gasteiger partial charge in [-0.25, -0.2) is 4.98 Å². The minimum Gasteiger partial charge on any atom is -0.427 e. The monoisotopic (exact) mass is 371 g/mol. The van der Waals surface area contributed by atoms with Crippen molar-refractivity contribution >= 4 is 23.5 Å². The van der Waals surface area contributed by atoms with Crippen LogP contribution in [0.5, 0.6) is 0 Å². The lowest BCUT2D eigenvalue weighted by atomic mass is 9.84. The third-order valence-electron chi connectivity index (χ3n) is 5.09. The molecule has 26 heavy (non-hydrogen) atoms. The largest absolute Gasteiger partial charge is 0.427 e. The average molecular weight is 371 g/mol. The van der Waals surface area contributed by atoms with Crippen molar-refractivity contribution in [2.24, 2.45) is 5.92 Å². The molecule has 1 N–H and O–H groups in total. The number of ketones is 1. The fourth-order valence-corrected chi connectivity index (χ4v) is 4.37. The number of carbonyl (C=O) groups is 2. The van der Waals surface area contributed by atoms with Gasteiger partial charge in [-0.2, -0.15) is 0 Å². The van der Waals surface area contributed by atoms with E-state index in [1.54, 1.807) is 0 Å². The van der Waals surface area contributed by atoms with Crippen molar-refractivity contribution in [1.82, 2.24) is 15.2 Å². The lowest BCUT2D eigenvalue weighted by Gasteiger charge is -2.44. The van der Waals surface area contributed by atoms with Crippen molar-refractivity contribution in [3.63, 3.8) is 0 Å². The summed E-state index contributed by atoms with van der Waals surface area (Å²) in [6, 6.07) is 7.67. The summed E-state index contributed by atoms with van der Waals surface area (Å²) in [5.41, 5.74) is 0.660. The van der Waals surface area contributed by atoms with E-state index in [4.69, 9.17) is 4.42 Å². The summed E-state index contributed by atoms with van der Waals surface area (Å²) in [4.78, 5) is 31.1. The van der Waals surface area contributed by atoms with Gasteiger partial charge in [0.05, 0.1) is 6.20 Å². The summed E-state index contributed by atoms with van der Waals surface area (Å²) in [5.74, 6) is 0.511. The zero-order valence-electron chi connectivity index (χ0n) is 14.6. The molecule has 136 valence electrons. The quantitative estimate of drug-likeness (QED) is 0.815. The van der Waals surface area contributed by atoms with Crippen LogP contribution in [0.3, 0.4) is 0 Å². The molecule has 3 aliphatic rings. The van der Waals surface area contributed by atoms with Gasteiger partial charge in [-0.3, -0.25) is 9.59 Å². The predicted molar refractivity (Wildman–Crippen MR) is 97.5 cm³/mol. The Labute approximate surface area is 156 Å². The number of fused-ring (bicyclic) bond motifs is 3. The first-order chi connectivity index (χ1) is 12.6. The van der Waals surface area contributed by atoms with E-state index in [1.165, 1.54) is 37.7 Å². The highest BCUT2D eigenvalue weighted by atomic mass is 32.2. The van der Waals surface area contributed by atoms with E-state index in [-0.39, 0.29) is 23.6 Å². The Morgan fingerprint density at radius 1 is 1.23 bits per heavy atom. The van der Waals surface area contributed by atoms with Gasteiger partial charge in [0.2, 0.25) is 5.78 Å². The zero-order valence-corrected chi connectivity index (χ0v) is 15.4. The molecule has 1 atom stereocenters. The molecule has 5 rings (SSSR count). The third kappa shape index (κ3) is 3.68. The van der Waals surface area contributed by atoms with Gasteiger partial charge < -0.3 is 14.6 Å². The summed E-state index contributed by atoms with van der Waals surface area (Å²) in [6.07, 6.45) is 3.90. The maximum Gasteiger partial charge on any atom is 0.263 e. The van der Waals surface area contributed by atoms with Crippen molar-refractivity contribution in [2.75, 3.05) is 19.6 Å². The molecule has 1 aromatic heterocycles. The van der Waals surface area contributed by atoms with Gasteiger partial charge in [0.15, 0.2) is 5.09 Å². The molecule has 0 spiro atoms. The van der Waals surface area contributed by atoms with E-state index in [2.05, 4.69) is 15.2 Å². The molecule has 1 amide bonds. The van der Waals surface area contributed by atoms with Crippen molar-refractivity contribution in [3.8, 4) is 0 Å². The van der Waals surface area contributed by atoms with Crippen LogP contribution in [0.2, 0.25) is 0 Å². The molecule has 0 radical (unpaired) electrons. The SMILES string of the molecule is CC(=O)c1ncc(Sc2ccc(C(=O)N[C@H]3CN4CCC3CC4)cc2)o1. The molecule has 6 nitrogen and oxygen atoms in total. The van der Waals surface area contributed by atoms with Crippen LogP contribution in [-0.2, 0) is 0 Å². The summed E-state index contributed by atoms with van der Waals surface area (Å²) < 4.78 is 5.37. The predicted octanol–water partition coefficient (Wildman–Crippen LogP) is 2.85. The second kappa shape index (κ2) is 7.25. The fourth-order valence-electron chi connectivity index (χ4n) is 3.64. The number of hydrogen-bond donors (Lipinski definition) is 1. The number of carbonyl (C=O) groups excluding carboxylic acids is 2. The van der Waals surface area contributed by atoms with Crippen molar-refractivity contribution in [3.05, 3.63) is 41.9 Å². The Hall–Kier alpha value is -2.12. The molecule has 0 unspecified atom stereocenters. The van der Waals surface area contributed by atoms with E-state index in [0.29, 0.717) is 16.6 Å². The summed E-state index contributed by atoms with van der Waals surface area (Å²) in [7, 11) is 0. The first kappa shape index (κ1) is 17.3. The van der Waals surface area contributed by atoms with E-state index in [9.17, 15) is 9.59 Å². The molecule has 2 aromatic rings. The third-order valence-corrected chi connectivity index (χ3v) is 5.99. The topological polar surface area (TPSA) is 75.4 Å². The van der Waals surface area contributed by atoms with Crippen LogP contribution < -0.4 is 5.32 Å². The Bertz CT molecular complexity index is 810. The Balaban J connectivity index is 1.37. The number of hydrogen-bond acceptors (Lipinski definition) is 6. The van der Waals surface area contributed by atoms with Crippen LogP contribution in [0.15, 0.2) is 44.9 Å². The number of Topliss-reactive ketones (excluding diaryl/α,β-unsaturated/α-hetero) is 1. The lowest BCUT2D eigenvalue weighted by Crippen LogP contribution is -2.57. The first-order valence-corrected chi connectivity index (χ1v) is 9.68.